The number of rotatable bonds is 17. The highest BCUT2D eigenvalue weighted by Gasteiger charge is 2.48. The van der Waals surface area contributed by atoms with E-state index >= 15 is 4.79 Å². The van der Waals surface area contributed by atoms with E-state index in [-0.39, 0.29) is 25.8 Å². The molecule has 1 aliphatic heterocycles. The number of alkyl carbamates (subject to hydrolysis) is 1. The van der Waals surface area contributed by atoms with Gasteiger partial charge in [0, 0.05) is 44.8 Å². The number of carbonyl (C=O) groups is 5. The van der Waals surface area contributed by atoms with Gasteiger partial charge in [0.1, 0.15) is 17.2 Å². The number of urea groups is 1. The molecule has 6 amide bonds. The van der Waals surface area contributed by atoms with Crippen molar-refractivity contribution in [2.24, 2.45) is 5.92 Å². The number of ether oxygens (including phenoxy) is 2. The van der Waals surface area contributed by atoms with E-state index in [1.54, 1.807) is 45.0 Å². The van der Waals surface area contributed by atoms with Crippen LogP contribution < -0.4 is 21.3 Å². The van der Waals surface area contributed by atoms with Crippen molar-refractivity contribution < 1.29 is 38.6 Å². The van der Waals surface area contributed by atoms with E-state index in [9.17, 15) is 24.3 Å². The number of hydrogen-bond donors (Lipinski definition) is 5. The lowest BCUT2D eigenvalue weighted by Gasteiger charge is -2.41. The number of benzene rings is 3. The van der Waals surface area contributed by atoms with Crippen LogP contribution in [-0.4, -0.2) is 96.5 Å². The fourth-order valence-electron chi connectivity index (χ4n) is 6.63. The Morgan fingerprint density at radius 3 is 2.16 bits per heavy atom. The van der Waals surface area contributed by atoms with Crippen molar-refractivity contribution in [3.8, 4) is 11.1 Å². The van der Waals surface area contributed by atoms with Gasteiger partial charge in [-0.1, -0.05) is 105 Å². The molecule has 0 aliphatic carbocycles. The van der Waals surface area contributed by atoms with E-state index < -0.39 is 59.6 Å². The number of amides is 6. The molecule has 56 heavy (non-hydrogen) atoms. The summed E-state index contributed by atoms with van der Waals surface area (Å²) in [6, 6.07) is 24.1. The number of carbonyl (C=O) groups excluding carboxylic acids is 5. The molecular formula is C43H57N5O8. The second-order valence-corrected chi connectivity index (χ2v) is 15.0. The van der Waals surface area contributed by atoms with Crippen LogP contribution in [0.25, 0.3) is 11.1 Å². The summed E-state index contributed by atoms with van der Waals surface area (Å²) < 4.78 is 10.8. The lowest BCUT2D eigenvalue weighted by molar-refractivity contribution is -0.139. The highest BCUT2D eigenvalue weighted by molar-refractivity contribution is 6.01. The summed E-state index contributed by atoms with van der Waals surface area (Å²) in [6.45, 7) is 7.50. The monoisotopic (exact) mass is 771 g/mol. The van der Waals surface area contributed by atoms with Crippen LogP contribution >= 0.6 is 0 Å². The van der Waals surface area contributed by atoms with Gasteiger partial charge >= 0.3 is 12.1 Å². The third-order valence-electron chi connectivity index (χ3n) is 9.59. The number of aliphatic hydroxyl groups excluding tert-OH is 1. The van der Waals surface area contributed by atoms with Crippen molar-refractivity contribution in [1.82, 2.24) is 26.2 Å². The van der Waals surface area contributed by atoms with Gasteiger partial charge in [-0.05, 0) is 49.4 Å². The van der Waals surface area contributed by atoms with E-state index in [1.807, 2.05) is 67.6 Å². The molecule has 0 bridgehead atoms. The van der Waals surface area contributed by atoms with Crippen LogP contribution in [0.15, 0.2) is 84.9 Å². The molecule has 3 atom stereocenters. The molecule has 1 heterocycles. The van der Waals surface area contributed by atoms with E-state index in [1.165, 1.54) is 4.90 Å². The van der Waals surface area contributed by atoms with Crippen molar-refractivity contribution in [3.63, 3.8) is 0 Å². The number of aliphatic hydroxyl groups is 1. The molecule has 13 nitrogen and oxygen atoms in total. The standard InChI is InChI=1S/C43H57N5O8/c1-5-6-9-22-37(50)47-43(34(30-49)29-44-41(54)56-42(2,3)4,28-33-20-14-15-21-35(33)32-18-12-8-13-19-32)39(52)45-36(27-31-16-10-7-11-17-31)38(51)46-40(53)48-23-25-55-26-24-48/h7-8,10-21,34,36,49H,5-6,9,22-30H2,1-4H3,(H,44,54)(H,45,52)(H,47,50)(H,46,51,53). The summed E-state index contributed by atoms with van der Waals surface area (Å²) in [6.07, 6.45) is 1.41. The Morgan fingerprint density at radius 1 is 0.875 bits per heavy atom. The molecule has 0 radical (unpaired) electrons. The van der Waals surface area contributed by atoms with Gasteiger partial charge in [0.2, 0.25) is 11.8 Å². The second-order valence-electron chi connectivity index (χ2n) is 15.0. The molecule has 3 aromatic rings. The normalized spacial score (nSPS) is 15.1. The van der Waals surface area contributed by atoms with E-state index in [2.05, 4.69) is 21.3 Å². The highest BCUT2D eigenvalue weighted by Crippen LogP contribution is 2.31. The first-order chi connectivity index (χ1) is 26.8. The number of morpholine rings is 1. The smallest absolute Gasteiger partial charge is 0.407 e. The Kier molecular flexibility index (Phi) is 16.4. The maximum Gasteiger partial charge on any atom is 0.407 e. The molecule has 5 N–H and O–H groups in total. The minimum Gasteiger partial charge on any atom is -0.444 e. The van der Waals surface area contributed by atoms with E-state index in [4.69, 9.17) is 9.47 Å². The fraction of sp³-hybridized carbons (Fsp3) is 0.465. The quantitative estimate of drug-likeness (QED) is 0.122. The first-order valence-corrected chi connectivity index (χ1v) is 19.4. The van der Waals surface area contributed by atoms with Crippen LogP contribution in [0.2, 0.25) is 0 Å². The summed E-state index contributed by atoms with van der Waals surface area (Å²) >= 11 is 0. The molecule has 1 fully saturated rings. The van der Waals surface area contributed by atoms with E-state index in [0.717, 1.165) is 24.0 Å². The first-order valence-electron chi connectivity index (χ1n) is 19.4. The van der Waals surface area contributed by atoms with Crippen molar-refractivity contribution in [3.05, 3.63) is 96.1 Å². The number of nitrogens with zero attached hydrogens (tertiary/aromatic N) is 1. The zero-order valence-corrected chi connectivity index (χ0v) is 33.0. The Bertz CT molecular complexity index is 1740. The van der Waals surface area contributed by atoms with Crippen molar-refractivity contribution in [1.29, 1.82) is 0 Å². The molecule has 3 unspecified atom stereocenters. The number of unbranched alkanes of at least 4 members (excludes halogenated alkanes) is 2. The van der Waals surface area contributed by atoms with Crippen LogP contribution in [-0.2, 0) is 36.7 Å². The van der Waals surface area contributed by atoms with Gasteiger partial charge in [0.25, 0.3) is 5.91 Å². The SMILES string of the molecule is CCCCCC(=O)NC(Cc1ccccc1-c1ccccc1)(C(=O)NC(Cc1ccccc1)C(=O)NC(=O)N1CCOCC1)C(CO)CNC(=O)OC(C)(C)C. The van der Waals surface area contributed by atoms with Gasteiger partial charge < -0.3 is 35.4 Å². The summed E-state index contributed by atoms with van der Waals surface area (Å²) in [7, 11) is 0. The van der Waals surface area contributed by atoms with Gasteiger partial charge in [-0.3, -0.25) is 19.7 Å². The number of hydrogen-bond acceptors (Lipinski definition) is 8. The number of nitrogens with one attached hydrogen (secondary N) is 4. The molecule has 1 aliphatic rings. The van der Waals surface area contributed by atoms with Gasteiger partial charge in [0.15, 0.2) is 0 Å². The molecule has 1 saturated heterocycles. The van der Waals surface area contributed by atoms with Crippen molar-refractivity contribution in [2.75, 3.05) is 39.5 Å². The fourth-order valence-corrected chi connectivity index (χ4v) is 6.63. The average molecular weight is 772 g/mol. The van der Waals surface area contributed by atoms with Gasteiger partial charge in [-0.2, -0.15) is 0 Å². The van der Waals surface area contributed by atoms with Crippen LogP contribution in [0, 0.1) is 5.92 Å². The highest BCUT2D eigenvalue weighted by atomic mass is 16.6. The predicted molar refractivity (Wildman–Crippen MR) is 213 cm³/mol. The lowest BCUT2D eigenvalue weighted by atomic mass is 9.76. The first kappa shape index (κ1) is 43.5. The molecule has 13 heteroatoms. The van der Waals surface area contributed by atoms with E-state index in [0.29, 0.717) is 43.9 Å². The van der Waals surface area contributed by atoms with Gasteiger partial charge in [0.05, 0.1) is 19.8 Å². The van der Waals surface area contributed by atoms with Crippen molar-refractivity contribution in [2.45, 2.75) is 83.4 Å². The Hall–Kier alpha value is -5.27. The summed E-state index contributed by atoms with van der Waals surface area (Å²) in [5.41, 5.74) is 0.276. The Labute approximate surface area is 329 Å². The molecule has 0 saturated carbocycles. The predicted octanol–water partition coefficient (Wildman–Crippen LogP) is 4.76. The minimum absolute atomic E-state index is 0.00981. The Morgan fingerprint density at radius 2 is 1.52 bits per heavy atom. The third-order valence-corrected chi connectivity index (χ3v) is 9.59. The molecule has 4 rings (SSSR count). The third kappa shape index (κ3) is 12.9. The van der Waals surface area contributed by atoms with Crippen LogP contribution in [0.4, 0.5) is 9.59 Å². The molecule has 0 aromatic heterocycles. The topological polar surface area (TPSA) is 175 Å². The van der Waals surface area contributed by atoms with Crippen molar-refractivity contribution >= 4 is 29.8 Å². The summed E-state index contributed by atoms with van der Waals surface area (Å²) in [5.74, 6) is -3.08. The molecular weight excluding hydrogens is 715 g/mol. The molecule has 302 valence electrons. The van der Waals surface area contributed by atoms with Gasteiger partial charge in [-0.25, -0.2) is 9.59 Å². The minimum atomic E-state index is -1.93. The zero-order chi connectivity index (χ0) is 40.6. The maximum atomic E-state index is 15.3. The van der Waals surface area contributed by atoms with Crippen LogP contribution in [0.5, 0.6) is 0 Å². The summed E-state index contributed by atoms with van der Waals surface area (Å²) in [5, 5.41) is 22.2. The number of imide groups is 1. The van der Waals surface area contributed by atoms with Crippen LogP contribution in [0.1, 0.15) is 64.5 Å². The average Bonchev–Trinajstić information content (AvgIpc) is 3.18. The summed E-state index contributed by atoms with van der Waals surface area (Å²) in [4.78, 5) is 70.9. The second kappa shape index (κ2) is 21.1. The zero-order valence-electron chi connectivity index (χ0n) is 33.0. The maximum absolute atomic E-state index is 15.3. The molecule has 3 aromatic carbocycles. The Balaban J connectivity index is 1.82. The largest absolute Gasteiger partial charge is 0.444 e. The van der Waals surface area contributed by atoms with Crippen LogP contribution in [0.3, 0.4) is 0 Å². The van der Waals surface area contributed by atoms with Gasteiger partial charge in [-0.15, -0.1) is 0 Å². The molecule has 0 spiro atoms. The lowest BCUT2D eigenvalue weighted by Crippen LogP contribution is -2.69.